The van der Waals surface area contributed by atoms with E-state index in [1.54, 1.807) is 0 Å². The lowest BCUT2D eigenvalue weighted by atomic mass is 9.93. The minimum atomic E-state index is -0.522. The number of nitrogens with one attached hydrogen (secondary N) is 1. The zero-order valence-corrected chi connectivity index (χ0v) is 12.5. The summed E-state index contributed by atoms with van der Waals surface area (Å²) < 4.78 is 33.0. The molecule has 1 unspecified atom stereocenters. The Balaban J connectivity index is 1.96. The highest BCUT2D eigenvalue weighted by Crippen LogP contribution is 2.23. The van der Waals surface area contributed by atoms with Crippen LogP contribution in [0.2, 0.25) is 0 Å². The zero-order valence-electron chi connectivity index (χ0n) is 10.9. The van der Waals surface area contributed by atoms with Gasteiger partial charge in [-0.1, -0.05) is 0 Å². The van der Waals surface area contributed by atoms with E-state index in [0.29, 0.717) is 10.4 Å². The van der Waals surface area contributed by atoms with E-state index < -0.39 is 11.6 Å². The molecule has 1 aromatic carbocycles. The van der Waals surface area contributed by atoms with Crippen molar-refractivity contribution in [1.82, 2.24) is 5.32 Å². The molecular formula is C14H18BrF2NO. The number of rotatable bonds is 4. The Kier molecular flexibility index (Phi) is 5.30. The van der Waals surface area contributed by atoms with Crippen LogP contribution in [0, 0.1) is 17.6 Å². The zero-order chi connectivity index (χ0) is 13.8. The molecule has 1 saturated heterocycles. The molecule has 0 aliphatic carbocycles. The van der Waals surface area contributed by atoms with Gasteiger partial charge in [-0.05, 0) is 53.7 Å². The third kappa shape index (κ3) is 3.74. The number of hydrogen-bond donors (Lipinski definition) is 1. The van der Waals surface area contributed by atoms with Crippen LogP contribution in [0.4, 0.5) is 8.78 Å². The van der Waals surface area contributed by atoms with E-state index >= 15 is 0 Å². The van der Waals surface area contributed by atoms with Crippen LogP contribution < -0.4 is 5.32 Å². The van der Waals surface area contributed by atoms with Gasteiger partial charge >= 0.3 is 0 Å². The number of hydrogen-bond acceptors (Lipinski definition) is 2. The Morgan fingerprint density at radius 1 is 1.37 bits per heavy atom. The van der Waals surface area contributed by atoms with Crippen molar-refractivity contribution in [3.8, 4) is 0 Å². The molecule has 0 bridgehead atoms. The van der Waals surface area contributed by atoms with Gasteiger partial charge in [0.25, 0.3) is 0 Å². The average molecular weight is 334 g/mol. The van der Waals surface area contributed by atoms with E-state index in [1.165, 1.54) is 12.1 Å². The molecule has 2 rings (SSSR count). The summed E-state index contributed by atoms with van der Waals surface area (Å²) in [6, 6.07) is 2.89. The van der Waals surface area contributed by atoms with Crippen LogP contribution in [-0.4, -0.2) is 19.3 Å². The fourth-order valence-corrected chi connectivity index (χ4v) is 2.75. The van der Waals surface area contributed by atoms with Gasteiger partial charge in [0.15, 0.2) is 0 Å². The van der Waals surface area contributed by atoms with Crippen LogP contribution >= 0.6 is 15.9 Å². The Labute approximate surface area is 120 Å². The molecule has 1 aliphatic heterocycles. The molecule has 1 fully saturated rings. The van der Waals surface area contributed by atoms with Gasteiger partial charge in [0.2, 0.25) is 0 Å². The van der Waals surface area contributed by atoms with E-state index in [1.807, 2.05) is 0 Å². The molecule has 0 radical (unpaired) electrons. The van der Waals surface area contributed by atoms with Crippen molar-refractivity contribution in [2.45, 2.75) is 32.4 Å². The van der Waals surface area contributed by atoms with Crippen molar-refractivity contribution in [3.63, 3.8) is 0 Å². The molecule has 1 heterocycles. The molecule has 19 heavy (non-hydrogen) atoms. The van der Waals surface area contributed by atoms with Crippen molar-refractivity contribution in [2.75, 3.05) is 13.2 Å². The van der Waals surface area contributed by atoms with Gasteiger partial charge in [0.05, 0.1) is 4.47 Å². The molecule has 0 spiro atoms. The minimum Gasteiger partial charge on any atom is -0.381 e. The van der Waals surface area contributed by atoms with Gasteiger partial charge < -0.3 is 10.1 Å². The number of halogens is 3. The highest BCUT2D eigenvalue weighted by molar-refractivity contribution is 9.10. The topological polar surface area (TPSA) is 21.3 Å². The van der Waals surface area contributed by atoms with Crippen LogP contribution in [0.15, 0.2) is 16.6 Å². The summed E-state index contributed by atoms with van der Waals surface area (Å²) >= 11 is 3.08. The standard InChI is InChI=1S/C14H18BrF2NO/c1-9(10-4-6-19-7-5-10)18-8-11-13(16)3-2-12(15)14(11)17/h2-3,9-10,18H,4-8H2,1H3. The molecule has 5 heteroatoms. The van der Waals surface area contributed by atoms with Gasteiger partial charge in [0, 0.05) is 31.4 Å². The monoisotopic (exact) mass is 333 g/mol. The van der Waals surface area contributed by atoms with Crippen LogP contribution in [0.1, 0.15) is 25.3 Å². The Hall–Kier alpha value is -0.520. The smallest absolute Gasteiger partial charge is 0.144 e. The van der Waals surface area contributed by atoms with E-state index in [2.05, 4.69) is 28.2 Å². The van der Waals surface area contributed by atoms with Gasteiger partial charge in [-0.2, -0.15) is 0 Å². The predicted octanol–water partition coefficient (Wildman–Crippen LogP) is 3.63. The maximum absolute atomic E-state index is 13.8. The van der Waals surface area contributed by atoms with Crippen molar-refractivity contribution in [1.29, 1.82) is 0 Å². The lowest BCUT2D eigenvalue weighted by molar-refractivity contribution is 0.0557. The average Bonchev–Trinajstić information content (AvgIpc) is 2.44. The molecule has 0 amide bonds. The Morgan fingerprint density at radius 3 is 2.74 bits per heavy atom. The summed E-state index contributed by atoms with van der Waals surface area (Å²) in [5, 5.41) is 3.22. The maximum atomic E-state index is 13.8. The van der Waals surface area contributed by atoms with Crippen LogP contribution in [0.3, 0.4) is 0 Å². The van der Waals surface area contributed by atoms with Crippen molar-refractivity contribution in [3.05, 3.63) is 33.8 Å². The molecule has 1 aliphatic rings. The van der Waals surface area contributed by atoms with Gasteiger partial charge in [0.1, 0.15) is 11.6 Å². The SMILES string of the molecule is CC(NCc1c(F)ccc(Br)c1F)C1CCOCC1. The van der Waals surface area contributed by atoms with Gasteiger partial charge in [-0.25, -0.2) is 8.78 Å². The van der Waals surface area contributed by atoms with Gasteiger partial charge in [-0.15, -0.1) is 0 Å². The largest absolute Gasteiger partial charge is 0.381 e. The van der Waals surface area contributed by atoms with E-state index in [0.717, 1.165) is 26.1 Å². The normalized spacial score (nSPS) is 18.5. The number of ether oxygens (including phenoxy) is 1. The van der Waals surface area contributed by atoms with E-state index in [4.69, 9.17) is 4.74 Å². The third-order valence-corrected chi connectivity index (χ3v) is 4.33. The first kappa shape index (κ1) is 14.9. The molecule has 2 nitrogen and oxygen atoms in total. The Morgan fingerprint density at radius 2 is 2.05 bits per heavy atom. The van der Waals surface area contributed by atoms with Crippen LogP contribution in [-0.2, 0) is 11.3 Å². The molecule has 1 aromatic rings. The summed E-state index contributed by atoms with van der Waals surface area (Å²) in [6.07, 6.45) is 2.00. The summed E-state index contributed by atoms with van der Waals surface area (Å²) in [7, 11) is 0. The molecule has 1 N–H and O–H groups in total. The fraction of sp³-hybridized carbons (Fsp3) is 0.571. The molecule has 106 valence electrons. The van der Waals surface area contributed by atoms with E-state index in [9.17, 15) is 8.78 Å². The fourth-order valence-electron chi connectivity index (χ4n) is 2.38. The van der Waals surface area contributed by atoms with Crippen LogP contribution in [0.25, 0.3) is 0 Å². The van der Waals surface area contributed by atoms with Crippen LogP contribution in [0.5, 0.6) is 0 Å². The van der Waals surface area contributed by atoms with Crippen molar-refractivity contribution < 1.29 is 13.5 Å². The van der Waals surface area contributed by atoms with Crippen molar-refractivity contribution in [2.24, 2.45) is 5.92 Å². The minimum absolute atomic E-state index is 0.0910. The second-order valence-corrected chi connectivity index (χ2v) is 5.80. The summed E-state index contributed by atoms with van der Waals surface area (Å²) in [4.78, 5) is 0. The summed E-state index contributed by atoms with van der Waals surface area (Å²) in [5.41, 5.74) is 0.0910. The second kappa shape index (κ2) is 6.77. The lowest BCUT2D eigenvalue weighted by Crippen LogP contribution is -2.36. The molecular weight excluding hydrogens is 316 g/mol. The molecule has 1 atom stereocenters. The number of benzene rings is 1. The summed E-state index contributed by atoms with van der Waals surface area (Å²) in [5.74, 6) is -0.522. The second-order valence-electron chi connectivity index (χ2n) is 4.94. The predicted molar refractivity (Wildman–Crippen MR) is 73.9 cm³/mol. The highest BCUT2D eigenvalue weighted by Gasteiger charge is 2.21. The molecule has 0 aromatic heterocycles. The van der Waals surface area contributed by atoms with Crippen molar-refractivity contribution >= 4 is 15.9 Å². The highest BCUT2D eigenvalue weighted by atomic mass is 79.9. The van der Waals surface area contributed by atoms with Gasteiger partial charge in [-0.3, -0.25) is 0 Å². The molecule has 0 saturated carbocycles. The Bertz CT molecular complexity index is 436. The quantitative estimate of drug-likeness (QED) is 0.849. The third-order valence-electron chi connectivity index (χ3n) is 3.71. The first-order valence-electron chi connectivity index (χ1n) is 6.53. The lowest BCUT2D eigenvalue weighted by Gasteiger charge is -2.28. The first-order chi connectivity index (χ1) is 9.09. The summed E-state index contributed by atoms with van der Waals surface area (Å²) in [6.45, 7) is 3.81. The maximum Gasteiger partial charge on any atom is 0.144 e. The van der Waals surface area contributed by atoms with E-state index in [-0.39, 0.29) is 18.2 Å². The first-order valence-corrected chi connectivity index (χ1v) is 7.32.